The minimum atomic E-state index is -0.868. The summed E-state index contributed by atoms with van der Waals surface area (Å²) < 4.78 is 11.9. The topological polar surface area (TPSA) is 75.8 Å². The summed E-state index contributed by atoms with van der Waals surface area (Å²) in [4.78, 5) is 13.0. The lowest BCUT2D eigenvalue weighted by Gasteiger charge is -2.31. The second-order valence-corrected chi connectivity index (χ2v) is 8.75. The van der Waals surface area contributed by atoms with Gasteiger partial charge in [-0.3, -0.25) is 0 Å². The first kappa shape index (κ1) is 18.3. The van der Waals surface area contributed by atoms with Crippen LogP contribution in [0.4, 0.5) is 4.79 Å². The lowest BCUT2D eigenvalue weighted by atomic mass is 10.0. The van der Waals surface area contributed by atoms with E-state index in [4.69, 9.17) is 32.5 Å². The summed E-state index contributed by atoms with van der Waals surface area (Å²) in [6.07, 6.45) is 2.93. The summed E-state index contributed by atoms with van der Waals surface area (Å²) >= 11 is 12.8. The Kier molecular flexibility index (Phi) is 4.53. The van der Waals surface area contributed by atoms with Gasteiger partial charge in [-0.05, 0) is 43.7 Å². The Morgan fingerprint density at radius 3 is 2.68 bits per heavy atom. The van der Waals surface area contributed by atoms with Gasteiger partial charge in [-0.1, -0.05) is 34.4 Å². The molecule has 5 rings (SSSR count). The van der Waals surface area contributed by atoms with Crippen molar-refractivity contribution in [2.75, 3.05) is 6.54 Å². The van der Waals surface area contributed by atoms with Crippen LogP contribution in [-0.4, -0.2) is 39.9 Å². The van der Waals surface area contributed by atoms with E-state index in [1.165, 1.54) is 4.90 Å². The van der Waals surface area contributed by atoms with Gasteiger partial charge in [0, 0.05) is 23.6 Å². The quantitative estimate of drug-likeness (QED) is 0.717. The molecule has 1 aromatic carbocycles. The van der Waals surface area contributed by atoms with E-state index < -0.39 is 6.09 Å². The molecule has 2 heterocycles. The second kappa shape index (κ2) is 6.94. The van der Waals surface area contributed by atoms with Gasteiger partial charge in [0.15, 0.2) is 0 Å². The molecule has 0 spiro atoms. The molecule has 8 heteroatoms. The molecular formula is C20H20Cl2N2O4. The van der Waals surface area contributed by atoms with Crippen molar-refractivity contribution in [3.05, 3.63) is 39.6 Å². The van der Waals surface area contributed by atoms with Crippen LogP contribution in [0.15, 0.2) is 22.7 Å². The zero-order chi connectivity index (χ0) is 19.4. The highest BCUT2D eigenvalue weighted by atomic mass is 35.5. The molecule has 1 N–H and O–H groups in total. The van der Waals surface area contributed by atoms with Crippen molar-refractivity contribution in [3.8, 4) is 11.3 Å². The fourth-order valence-electron chi connectivity index (χ4n) is 4.60. The molecule has 2 aromatic rings. The van der Waals surface area contributed by atoms with E-state index in [9.17, 15) is 9.90 Å². The Labute approximate surface area is 172 Å². The predicted molar refractivity (Wildman–Crippen MR) is 104 cm³/mol. The lowest BCUT2D eigenvalue weighted by Crippen LogP contribution is -2.45. The van der Waals surface area contributed by atoms with Gasteiger partial charge in [-0.2, -0.15) is 0 Å². The number of halogens is 2. The van der Waals surface area contributed by atoms with Crippen LogP contribution < -0.4 is 0 Å². The molecule has 1 aliphatic heterocycles. The Morgan fingerprint density at radius 1 is 1.29 bits per heavy atom. The molecule has 1 aromatic heterocycles. The average molecular weight is 423 g/mol. The standard InChI is InChI=1S/C20H20Cl2N2O4/c21-13-2-1-3-14(22)17(13)18-12(19(28-23-18)11-4-5-11)9-27-16-7-10-6-15(16)24(8-10)20(25)26/h1-3,10-11,15-16H,4-9H2,(H,25,26). The highest BCUT2D eigenvalue weighted by Gasteiger charge is 2.48. The maximum absolute atomic E-state index is 11.5. The van der Waals surface area contributed by atoms with Gasteiger partial charge in [-0.15, -0.1) is 0 Å². The number of carboxylic acid groups (broad SMARTS) is 1. The normalized spacial score (nSPS) is 26.2. The maximum atomic E-state index is 11.5. The van der Waals surface area contributed by atoms with Crippen LogP contribution in [0, 0.1) is 5.92 Å². The van der Waals surface area contributed by atoms with E-state index >= 15 is 0 Å². The molecule has 3 atom stereocenters. The molecule has 3 unspecified atom stereocenters. The predicted octanol–water partition coefficient (Wildman–Crippen LogP) is 5.18. The van der Waals surface area contributed by atoms with Gasteiger partial charge >= 0.3 is 6.09 Å². The van der Waals surface area contributed by atoms with Crippen molar-refractivity contribution >= 4 is 29.3 Å². The Balaban J connectivity index is 1.42. The smallest absolute Gasteiger partial charge is 0.407 e. The van der Waals surface area contributed by atoms with Gasteiger partial charge in [-0.25, -0.2) is 4.79 Å². The highest BCUT2D eigenvalue weighted by molar-refractivity contribution is 6.39. The van der Waals surface area contributed by atoms with E-state index in [1.54, 1.807) is 18.2 Å². The summed E-state index contributed by atoms with van der Waals surface area (Å²) in [7, 11) is 0. The van der Waals surface area contributed by atoms with Gasteiger partial charge in [0.1, 0.15) is 11.5 Å². The van der Waals surface area contributed by atoms with Crippen molar-refractivity contribution in [3.63, 3.8) is 0 Å². The lowest BCUT2D eigenvalue weighted by molar-refractivity contribution is -0.0154. The van der Waals surface area contributed by atoms with E-state index in [2.05, 4.69) is 5.16 Å². The van der Waals surface area contributed by atoms with Gasteiger partial charge in [0.2, 0.25) is 0 Å². The molecule has 0 radical (unpaired) electrons. The molecule has 2 aliphatic carbocycles. The van der Waals surface area contributed by atoms with Crippen LogP contribution in [0.2, 0.25) is 10.0 Å². The average Bonchev–Trinajstić information content (AvgIpc) is 3.11. The number of nitrogens with zero attached hydrogens (tertiary/aromatic N) is 2. The van der Waals surface area contributed by atoms with Crippen molar-refractivity contribution in [1.82, 2.24) is 10.1 Å². The van der Waals surface area contributed by atoms with Crippen LogP contribution >= 0.6 is 23.2 Å². The Hall–Kier alpha value is -1.76. The number of amides is 1. The van der Waals surface area contributed by atoms with Gasteiger partial charge < -0.3 is 19.3 Å². The van der Waals surface area contributed by atoms with E-state index in [0.29, 0.717) is 46.3 Å². The van der Waals surface area contributed by atoms with Crippen LogP contribution in [0.1, 0.15) is 42.9 Å². The third kappa shape index (κ3) is 3.08. The summed E-state index contributed by atoms with van der Waals surface area (Å²) in [5.41, 5.74) is 2.15. The number of rotatable bonds is 5. The third-order valence-electron chi connectivity index (χ3n) is 6.08. The van der Waals surface area contributed by atoms with Crippen LogP contribution in [0.5, 0.6) is 0 Å². The minimum Gasteiger partial charge on any atom is -0.465 e. The van der Waals surface area contributed by atoms with Crippen molar-refractivity contribution in [2.45, 2.75) is 50.4 Å². The summed E-state index contributed by atoms with van der Waals surface area (Å²) in [6.45, 7) is 0.925. The number of carbonyl (C=O) groups is 1. The number of piperidine rings is 1. The number of likely N-dealkylation sites (tertiary alicyclic amines) is 1. The maximum Gasteiger partial charge on any atom is 0.407 e. The fourth-order valence-corrected chi connectivity index (χ4v) is 5.18. The van der Waals surface area contributed by atoms with Gasteiger partial charge in [0.05, 0.1) is 28.8 Å². The minimum absolute atomic E-state index is 0.0703. The monoisotopic (exact) mass is 422 g/mol. The summed E-state index contributed by atoms with van der Waals surface area (Å²) in [5, 5.41) is 14.7. The van der Waals surface area contributed by atoms with E-state index in [0.717, 1.165) is 37.0 Å². The number of benzene rings is 1. The van der Waals surface area contributed by atoms with E-state index in [1.807, 2.05) is 0 Å². The first-order valence-electron chi connectivity index (χ1n) is 9.57. The largest absolute Gasteiger partial charge is 0.465 e. The molecule has 3 aliphatic rings. The molecule has 1 saturated heterocycles. The number of hydrogen-bond donors (Lipinski definition) is 1. The van der Waals surface area contributed by atoms with Crippen LogP contribution in [-0.2, 0) is 11.3 Å². The number of hydrogen-bond acceptors (Lipinski definition) is 4. The molecule has 2 saturated carbocycles. The molecule has 1 amide bonds. The Morgan fingerprint density at radius 2 is 2.04 bits per heavy atom. The van der Waals surface area contributed by atoms with Gasteiger partial charge in [0.25, 0.3) is 0 Å². The molecule has 28 heavy (non-hydrogen) atoms. The third-order valence-corrected chi connectivity index (χ3v) is 6.71. The molecule has 6 nitrogen and oxygen atoms in total. The zero-order valence-corrected chi connectivity index (χ0v) is 16.6. The first-order chi connectivity index (χ1) is 13.5. The highest BCUT2D eigenvalue weighted by Crippen LogP contribution is 2.47. The summed E-state index contributed by atoms with van der Waals surface area (Å²) in [6, 6.07) is 5.28. The first-order valence-corrected chi connectivity index (χ1v) is 10.3. The second-order valence-electron chi connectivity index (χ2n) is 7.93. The number of fused-ring (bicyclic) bond motifs is 2. The molecule has 3 fully saturated rings. The van der Waals surface area contributed by atoms with Crippen molar-refractivity contribution in [1.29, 1.82) is 0 Å². The summed E-state index contributed by atoms with van der Waals surface area (Å²) in [5.74, 6) is 1.58. The van der Waals surface area contributed by atoms with Crippen molar-refractivity contribution in [2.24, 2.45) is 5.92 Å². The van der Waals surface area contributed by atoms with E-state index in [-0.39, 0.29) is 12.1 Å². The van der Waals surface area contributed by atoms with Crippen molar-refractivity contribution < 1.29 is 19.2 Å². The molecule has 148 valence electrons. The zero-order valence-electron chi connectivity index (χ0n) is 15.1. The Bertz CT molecular complexity index is 907. The number of aromatic nitrogens is 1. The molecule has 2 bridgehead atoms. The molecular weight excluding hydrogens is 403 g/mol. The van der Waals surface area contributed by atoms with Crippen LogP contribution in [0.3, 0.4) is 0 Å². The SMILES string of the molecule is O=C(O)N1CC2CC(OCc3c(-c4c(Cl)cccc4Cl)noc3C3CC3)C1C2. The fraction of sp³-hybridized carbons (Fsp3) is 0.500. The van der Waals surface area contributed by atoms with Crippen LogP contribution in [0.25, 0.3) is 11.3 Å². The number of ether oxygens (including phenoxy) is 1.